The molecule has 142 valence electrons. The third-order valence-electron chi connectivity index (χ3n) is 4.24. The molecule has 1 aromatic heterocycles. The van der Waals surface area contributed by atoms with Gasteiger partial charge in [0.1, 0.15) is 12.4 Å². The average Bonchev–Trinajstić information content (AvgIpc) is 3.44. The largest absolute Gasteiger partial charge is 0.487 e. The number of benzene rings is 1. The highest BCUT2D eigenvalue weighted by atomic mass is 35.5. The molecule has 1 aromatic carbocycles. The molecule has 3 N–H and O–H groups in total. The number of halogens is 2. The van der Waals surface area contributed by atoms with Crippen LogP contribution in [0.15, 0.2) is 42.6 Å². The average molecular weight is 398 g/mol. The Morgan fingerprint density at radius 3 is 2.69 bits per heavy atom. The molecule has 0 saturated heterocycles. The van der Waals surface area contributed by atoms with Gasteiger partial charge in [0.15, 0.2) is 0 Å². The fraction of sp³-hybridized carbons (Fsp3) is 0.368. The van der Waals surface area contributed by atoms with E-state index in [4.69, 9.17) is 10.5 Å². The molecular formula is C19H25Cl2N3O2. The number of pyridine rings is 1. The van der Waals surface area contributed by atoms with Crippen LogP contribution in [0, 0.1) is 12.8 Å². The topological polar surface area (TPSA) is 77.2 Å². The molecule has 0 aliphatic heterocycles. The Balaban J connectivity index is 0.00000169. The number of rotatable bonds is 7. The molecule has 0 bridgehead atoms. The van der Waals surface area contributed by atoms with Crippen molar-refractivity contribution in [1.82, 2.24) is 10.3 Å². The second kappa shape index (κ2) is 10.4. The summed E-state index contributed by atoms with van der Waals surface area (Å²) in [5, 5.41) is 3.04. The van der Waals surface area contributed by atoms with Gasteiger partial charge in [0.05, 0.1) is 6.20 Å². The van der Waals surface area contributed by atoms with Crippen LogP contribution >= 0.6 is 24.8 Å². The number of carbonyl (C=O) groups excluding carboxylic acids is 1. The van der Waals surface area contributed by atoms with Crippen molar-refractivity contribution in [2.75, 3.05) is 6.54 Å². The predicted octanol–water partition coefficient (Wildman–Crippen LogP) is 3.28. The van der Waals surface area contributed by atoms with Crippen molar-refractivity contribution in [2.45, 2.75) is 32.4 Å². The van der Waals surface area contributed by atoms with E-state index >= 15 is 0 Å². The lowest BCUT2D eigenvalue weighted by molar-refractivity contribution is 0.0933. The van der Waals surface area contributed by atoms with E-state index in [1.54, 1.807) is 6.20 Å². The van der Waals surface area contributed by atoms with Gasteiger partial charge in [0.25, 0.3) is 5.91 Å². The number of ether oxygens (including phenoxy) is 1. The Morgan fingerprint density at radius 2 is 2.08 bits per heavy atom. The summed E-state index contributed by atoms with van der Waals surface area (Å²) in [5.74, 6) is 1.18. The first-order valence-electron chi connectivity index (χ1n) is 8.31. The maximum Gasteiger partial charge on any atom is 0.251 e. The minimum absolute atomic E-state index is 0. The Labute approximate surface area is 166 Å². The first-order chi connectivity index (χ1) is 11.7. The van der Waals surface area contributed by atoms with Crippen molar-refractivity contribution in [3.05, 3.63) is 59.4 Å². The third-order valence-corrected chi connectivity index (χ3v) is 4.24. The molecule has 1 amide bonds. The number of aromatic nitrogens is 1. The minimum Gasteiger partial charge on any atom is -0.487 e. The van der Waals surface area contributed by atoms with E-state index in [1.807, 2.05) is 43.3 Å². The zero-order valence-corrected chi connectivity index (χ0v) is 16.3. The van der Waals surface area contributed by atoms with Crippen LogP contribution in [0.4, 0.5) is 0 Å². The van der Waals surface area contributed by atoms with Crippen LogP contribution in [0.1, 0.15) is 34.5 Å². The van der Waals surface area contributed by atoms with E-state index in [0.717, 1.165) is 24.1 Å². The molecule has 26 heavy (non-hydrogen) atoms. The molecule has 1 aliphatic rings. The van der Waals surface area contributed by atoms with Gasteiger partial charge in [-0.15, -0.1) is 24.8 Å². The Morgan fingerprint density at radius 1 is 1.31 bits per heavy atom. The highest BCUT2D eigenvalue weighted by Gasteiger charge is 2.31. The van der Waals surface area contributed by atoms with Crippen LogP contribution in [0.3, 0.4) is 0 Å². The molecule has 0 spiro atoms. The summed E-state index contributed by atoms with van der Waals surface area (Å²) in [4.78, 5) is 16.6. The fourth-order valence-corrected chi connectivity index (χ4v) is 2.63. The Hall–Kier alpha value is -1.82. The lowest BCUT2D eigenvalue weighted by Gasteiger charge is -2.16. The zero-order chi connectivity index (χ0) is 16.9. The molecule has 2 aromatic rings. The molecule has 1 atom stereocenters. The summed E-state index contributed by atoms with van der Waals surface area (Å²) in [6.45, 7) is 2.82. The van der Waals surface area contributed by atoms with Crippen LogP contribution in [0.25, 0.3) is 0 Å². The van der Waals surface area contributed by atoms with Crippen molar-refractivity contribution < 1.29 is 9.53 Å². The van der Waals surface area contributed by atoms with Crippen LogP contribution in [0.5, 0.6) is 5.75 Å². The van der Waals surface area contributed by atoms with Gasteiger partial charge in [-0.05, 0) is 55.5 Å². The van der Waals surface area contributed by atoms with Gasteiger partial charge in [-0.2, -0.15) is 0 Å². The molecular weight excluding hydrogens is 373 g/mol. The number of nitrogens with two attached hydrogens (primary N) is 1. The molecule has 1 fully saturated rings. The van der Waals surface area contributed by atoms with Crippen molar-refractivity contribution in [3.63, 3.8) is 0 Å². The van der Waals surface area contributed by atoms with Gasteiger partial charge in [-0.25, -0.2) is 0 Å². The number of hydrogen-bond acceptors (Lipinski definition) is 4. The monoisotopic (exact) mass is 397 g/mol. The summed E-state index contributed by atoms with van der Waals surface area (Å²) in [5.41, 5.74) is 8.28. The van der Waals surface area contributed by atoms with Crippen molar-refractivity contribution in [2.24, 2.45) is 11.7 Å². The molecule has 1 aliphatic carbocycles. The minimum atomic E-state index is -0.0730. The lowest BCUT2D eigenvalue weighted by atomic mass is 10.1. The van der Waals surface area contributed by atoms with E-state index in [1.165, 1.54) is 0 Å². The van der Waals surface area contributed by atoms with Crippen LogP contribution in [-0.2, 0) is 6.61 Å². The number of nitrogens with one attached hydrogen (secondary N) is 1. The number of hydrogen-bond donors (Lipinski definition) is 2. The van der Waals surface area contributed by atoms with Gasteiger partial charge in [-0.1, -0.05) is 12.1 Å². The number of carbonyl (C=O) groups is 1. The van der Waals surface area contributed by atoms with Crippen LogP contribution < -0.4 is 15.8 Å². The number of aryl methyl sites for hydroxylation is 1. The summed E-state index contributed by atoms with van der Waals surface area (Å²) in [6.07, 6.45) is 4.01. The lowest BCUT2D eigenvalue weighted by Crippen LogP contribution is -2.41. The molecule has 1 heterocycles. The molecule has 5 nitrogen and oxygen atoms in total. The Bertz CT molecular complexity index is 706. The van der Waals surface area contributed by atoms with Crippen molar-refractivity contribution in [3.8, 4) is 5.75 Å². The van der Waals surface area contributed by atoms with Gasteiger partial charge >= 0.3 is 0 Å². The fourth-order valence-electron chi connectivity index (χ4n) is 2.63. The molecule has 1 unspecified atom stereocenters. The van der Waals surface area contributed by atoms with E-state index in [-0.39, 0.29) is 36.8 Å². The second-order valence-corrected chi connectivity index (χ2v) is 6.28. The summed E-state index contributed by atoms with van der Waals surface area (Å²) < 4.78 is 5.72. The second-order valence-electron chi connectivity index (χ2n) is 6.28. The van der Waals surface area contributed by atoms with E-state index < -0.39 is 0 Å². The summed E-state index contributed by atoms with van der Waals surface area (Å²) in [7, 11) is 0. The van der Waals surface area contributed by atoms with Gasteiger partial charge in [0.2, 0.25) is 0 Å². The first-order valence-corrected chi connectivity index (χ1v) is 8.31. The van der Waals surface area contributed by atoms with Gasteiger partial charge < -0.3 is 15.8 Å². The number of nitrogens with zero attached hydrogens (tertiary/aromatic N) is 1. The molecule has 7 heteroatoms. The smallest absolute Gasteiger partial charge is 0.251 e. The quantitative estimate of drug-likeness (QED) is 0.751. The normalized spacial score (nSPS) is 13.8. The highest BCUT2D eigenvalue weighted by molar-refractivity contribution is 5.94. The van der Waals surface area contributed by atoms with Crippen LogP contribution in [-0.4, -0.2) is 23.5 Å². The SMILES string of the molecule is Cc1ccc(OCc2cccc(C(=O)NC(CN)C3CC3)c2)cn1.Cl.Cl. The van der Waals surface area contributed by atoms with E-state index in [2.05, 4.69) is 10.3 Å². The van der Waals surface area contributed by atoms with E-state index in [0.29, 0.717) is 30.4 Å². The Kier molecular flexibility index (Phi) is 8.85. The van der Waals surface area contributed by atoms with Crippen molar-refractivity contribution >= 4 is 30.7 Å². The standard InChI is InChI=1S/C19H23N3O2.2ClH/c1-13-5-8-17(11-21-13)24-12-14-3-2-4-16(9-14)19(23)22-18(10-20)15-6-7-15;;/h2-5,8-9,11,15,18H,6-7,10,12,20H2,1H3,(H,22,23);2*1H. The third kappa shape index (κ3) is 6.16. The molecule has 0 radical (unpaired) electrons. The predicted molar refractivity (Wildman–Crippen MR) is 107 cm³/mol. The maximum absolute atomic E-state index is 12.4. The summed E-state index contributed by atoms with van der Waals surface area (Å²) in [6, 6.07) is 11.4. The summed E-state index contributed by atoms with van der Waals surface area (Å²) >= 11 is 0. The first kappa shape index (κ1) is 22.2. The van der Waals surface area contributed by atoms with Gasteiger partial charge in [-0.3, -0.25) is 9.78 Å². The molecule has 1 saturated carbocycles. The maximum atomic E-state index is 12.4. The van der Waals surface area contributed by atoms with Crippen LogP contribution in [0.2, 0.25) is 0 Å². The van der Waals surface area contributed by atoms with Gasteiger partial charge in [0, 0.05) is 23.8 Å². The van der Waals surface area contributed by atoms with Crippen molar-refractivity contribution in [1.29, 1.82) is 0 Å². The number of amides is 1. The zero-order valence-electron chi connectivity index (χ0n) is 14.7. The molecule has 3 rings (SSSR count). The highest BCUT2D eigenvalue weighted by Crippen LogP contribution is 2.32. The van der Waals surface area contributed by atoms with E-state index in [9.17, 15) is 4.79 Å².